The molecule has 0 aromatic heterocycles. The van der Waals surface area contributed by atoms with Crippen LogP contribution in [0.3, 0.4) is 0 Å². The maximum absolute atomic E-state index is 13.8. The molecule has 3 aromatic rings. The average Bonchev–Trinajstić information content (AvgIpc) is 2.96. The quantitative estimate of drug-likeness (QED) is 0.237. The standard InChI is InChI=1S/C32H36Br2N2O3/c1-2-23-15-18-30(28(34)19-23)39-22-31(37)36(21-25-13-16-26(33)17-14-25)29(20-24-9-5-3-6-10-24)32(38)35-27-11-7-4-8-12-27/h3,5-6,9-10,13-19,27,29H,2,4,7-8,11-12,20-22H2,1H3,(H,35,38). The molecule has 1 unspecified atom stereocenters. The van der Waals surface area contributed by atoms with E-state index >= 15 is 0 Å². The molecule has 39 heavy (non-hydrogen) atoms. The predicted molar refractivity (Wildman–Crippen MR) is 163 cm³/mol. The SMILES string of the molecule is CCc1ccc(OCC(=O)N(Cc2ccc(Br)cc2)C(Cc2ccccc2)C(=O)NC2CCCCC2)c(Br)c1. The summed E-state index contributed by atoms with van der Waals surface area (Å²) in [6.45, 7) is 2.24. The van der Waals surface area contributed by atoms with Crippen molar-refractivity contribution in [1.82, 2.24) is 10.2 Å². The maximum Gasteiger partial charge on any atom is 0.261 e. The Morgan fingerprint density at radius 3 is 2.28 bits per heavy atom. The minimum Gasteiger partial charge on any atom is -0.483 e. The summed E-state index contributed by atoms with van der Waals surface area (Å²) in [5.74, 6) is 0.268. The predicted octanol–water partition coefficient (Wildman–Crippen LogP) is 7.24. The number of rotatable bonds is 11. The Morgan fingerprint density at radius 1 is 0.923 bits per heavy atom. The Morgan fingerprint density at radius 2 is 1.62 bits per heavy atom. The van der Waals surface area contributed by atoms with Gasteiger partial charge in [-0.05, 0) is 76.1 Å². The van der Waals surface area contributed by atoms with Gasteiger partial charge in [0.2, 0.25) is 5.91 Å². The molecule has 4 rings (SSSR count). The van der Waals surface area contributed by atoms with Crippen LogP contribution >= 0.6 is 31.9 Å². The maximum atomic E-state index is 13.8. The van der Waals surface area contributed by atoms with E-state index < -0.39 is 6.04 Å². The van der Waals surface area contributed by atoms with Crippen LogP contribution < -0.4 is 10.1 Å². The first-order valence-electron chi connectivity index (χ1n) is 13.7. The van der Waals surface area contributed by atoms with E-state index in [1.54, 1.807) is 4.90 Å². The molecule has 1 N–H and O–H groups in total. The van der Waals surface area contributed by atoms with Crippen molar-refractivity contribution in [3.63, 3.8) is 0 Å². The summed E-state index contributed by atoms with van der Waals surface area (Å²) >= 11 is 7.06. The summed E-state index contributed by atoms with van der Waals surface area (Å²) in [5.41, 5.74) is 3.14. The van der Waals surface area contributed by atoms with Gasteiger partial charge in [-0.15, -0.1) is 0 Å². The molecule has 1 atom stereocenters. The lowest BCUT2D eigenvalue weighted by atomic mass is 9.94. The third-order valence-electron chi connectivity index (χ3n) is 7.24. The zero-order chi connectivity index (χ0) is 27.6. The number of carbonyl (C=O) groups excluding carboxylic acids is 2. The second-order valence-electron chi connectivity index (χ2n) is 10.1. The van der Waals surface area contributed by atoms with E-state index in [2.05, 4.69) is 44.1 Å². The van der Waals surface area contributed by atoms with E-state index in [-0.39, 0.29) is 24.5 Å². The molecule has 0 radical (unpaired) electrons. The van der Waals surface area contributed by atoms with Gasteiger partial charge in [-0.3, -0.25) is 9.59 Å². The van der Waals surface area contributed by atoms with Gasteiger partial charge in [0, 0.05) is 23.5 Å². The van der Waals surface area contributed by atoms with Crippen LogP contribution in [0.1, 0.15) is 55.7 Å². The Labute approximate surface area is 248 Å². The van der Waals surface area contributed by atoms with Crippen LogP contribution in [0.15, 0.2) is 81.7 Å². The van der Waals surface area contributed by atoms with Crippen molar-refractivity contribution in [2.75, 3.05) is 6.61 Å². The number of nitrogens with one attached hydrogen (secondary N) is 1. The number of halogens is 2. The summed E-state index contributed by atoms with van der Waals surface area (Å²) < 4.78 is 7.76. The summed E-state index contributed by atoms with van der Waals surface area (Å²) in [6.07, 6.45) is 6.75. The highest BCUT2D eigenvalue weighted by Crippen LogP contribution is 2.27. The molecule has 0 bridgehead atoms. The van der Waals surface area contributed by atoms with Crippen molar-refractivity contribution in [1.29, 1.82) is 0 Å². The summed E-state index contributed by atoms with van der Waals surface area (Å²) in [6, 6.07) is 23.1. The van der Waals surface area contributed by atoms with Crippen LogP contribution in [0.4, 0.5) is 0 Å². The topological polar surface area (TPSA) is 58.6 Å². The van der Waals surface area contributed by atoms with Gasteiger partial charge in [-0.25, -0.2) is 0 Å². The number of hydrogen-bond acceptors (Lipinski definition) is 3. The summed E-state index contributed by atoms with van der Waals surface area (Å²) in [5, 5.41) is 3.28. The van der Waals surface area contributed by atoms with E-state index in [1.807, 2.05) is 72.8 Å². The van der Waals surface area contributed by atoms with Gasteiger partial charge in [0.05, 0.1) is 4.47 Å². The molecule has 0 saturated heterocycles. The van der Waals surface area contributed by atoms with Gasteiger partial charge in [0.25, 0.3) is 5.91 Å². The van der Waals surface area contributed by atoms with Gasteiger partial charge < -0.3 is 15.0 Å². The van der Waals surface area contributed by atoms with Crippen LogP contribution in [0, 0.1) is 0 Å². The molecule has 5 nitrogen and oxygen atoms in total. The van der Waals surface area contributed by atoms with Gasteiger partial charge in [0.1, 0.15) is 11.8 Å². The van der Waals surface area contributed by atoms with E-state index in [0.717, 1.165) is 52.2 Å². The highest BCUT2D eigenvalue weighted by Gasteiger charge is 2.32. The smallest absolute Gasteiger partial charge is 0.261 e. The van der Waals surface area contributed by atoms with E-state index in [0.29, 0.717) is 18.7 Å². The van der Waals surface area contributed by atoms with Crippen LogP contribution in [0.2, 0.25) is 0 Å². The van der Waals surface area contributed by atoms with Gasteiger partial charge in [-0.1, -0.05) is 90.6 Å². The van der Waals surface area contributed by atoms with Crippen LogP contribution in [0.25, 0.3) is 0 Å². The molecule has 1 fully saturated rings. The Bertz CT molecular complexity index is 1230. The summed E-state index contributed by atoms with van der Waals surface area (Å²) in [7, 11) is 0. The summed E-state index contributed by atoms with van der Waals surface area (Å²) in [4.78, 5) is 29.4. The Balaban J connectivity index is 1.60. The highest BCUT2D eigenvalue weighted by molar-refractivity contribution is 9.10. The zero-order valence-electron chi connectivity index (χ0n) is 22.4. The van der Waals surface area contributed by atoms with Gasteiger partial charge in [-0.2, -0.15) is 0 Å². The van der Waals surface area contributed by atoms with Crippen LogP contribution in [-0.2, 0) is 29.0 Å². The van der Waals surface area contributed by atoms with Crippen molar-refractivity contribution >= 4 is 43.7 Å². The first-order valence-corrected chi connectivity index (χ1v) is 15.3. The molecular formula is C32H36Br2N2O3. The number of amides is 2. The lowest BCUT2D eigenvalue weighted by molar-refractivity contribution is -0.143. The van der Waals surface area contributed by atoms with Gasteiger partial charge in [0.15, 0.2) is 6.61 Å². The molecule has 1 aliphatic rings. The molecule has 206 valence electrons. The first-order chi connectivity index (χ1) is 18.9. The fraction of sp³-hybridized carbons (Fsp3) is 0.375. The number of hydrogen-bond donors (Lipinski definition) is 1. The number of benzene rings is 3. The molecule has 3 aromatic carbocycles. The Hall–Kier alpha value is -2.64. The molecular weight excluding hydrogens is 620 g/mol. The lowest BCUT2D eigenvalue weighted by Crippen LogP contribution is -2.53. The second kappa shape index (κ2) is 14.7. The van der Waals surface area contributed by atoms with E-state index in [4.69, 9.17) is 4.74 Å². The molecule has 0 heterocycles. The number of carbonyl (C=O) groups is 2. The normalized spacial score (nSPS) is 14.4. The van der Waals surface area contributed by atoms with E-state index in [9.17, 15) is 9.59 Å². The van der Waals surface area contributed by atoms with Crippen molar-refractivity contribution in [3.8, 4) is 5.75 Å². The van der Waals surface area contributed by atoms with E-state index in [1.165, 1.54) is 12.0 Å². The molecule has 0 spiro atoms. The zero-order valence-corrected chi connectivity index (χ0v) is 25.5. The van der Waals surface area contributed by atoms with Crippen LogP contribution in [0.5, 0.6) is 5.75 Å². The molecule has 1 saturated carbocycles. The van der Waals surface area contributed by atoms with Gasteiger partial charge >= 0.3 is 0 Å². The van der Waals surface area contributed by atoms with Crippen LogP contribution in [-0.4, -0.2) is 35.4 Å². The van der Waals surface area contributed by atoms with Crippen molar-refractivity contribution in [2.24, 2.45) is 0 Å². The third kappa shape index (κ3) is 8.67. The molecule has 0 aliphatic heterocycles. The second-order valence-corrected chi connectivity index (χ2v) is 11.9. The molecule has 1 aliphatic carbocycles. The van der Waals surface area contributed by atoms with Crippen molar-refractivity contribution in [2.45, 2.75) is 70.5 Å². The first kappa shape index (κ1) is 29.3. The minimum absolute atomic E-state index is 0.107. The number of ether oxygens (including phenoxy) is 1. The minimum atomic E-state index is -0.667. The van der Waals surface area contributed by atoms with Crippen molar-refractivity contribution < 1.29 is 14.3 Å². The Kier molecular flexibility index (Phi) is 11.0. The third-order valence-corrected chi connectivity index (χ3v) is 8.39. The fourth-order valence-electron chi connectivity index (χ4n) is 4.99. The number of aryl methyl sites for hydroxylation is 1. The molecule has 2 amide bonds. The number of nitrogens with zero attached hydrogens (tertiary/aromatic N) is 1. The monoisotopic (exact) mass is 654 g/mol. The highest BCUT2D eigenvalue weighted by atomic mass is 79.9. The average molecular weight is 656 g/mol. The largest absolute Gasteiger partial charge is 0.483 e. The van der Waals surface area contributed by atoms with Crippen molar-refractivity contribution in [3.05, 3.63) is 98.4 Å². The molecule has 7 heteroatoms. The fourth-order valence-corrected chi connectivity index (χ4v) is 5.79. The lowest BCUT2D eigenvalue weighted by Gasteiger charge is -2.33.